The van der Waals surface area contributed by atoms with Crippen LogP contribution in [0.4, 0.5) is 11.8 Å². The number of piperidine rings is 1. The monoisotopic (exact) mass is 344 g/mol. The van der Waals surface area contributed by atoms with Crippen molar-refractivity contribution in [3.8, 4) is 12.0 Å². The molecule has 1 aliphatic rings. The second-order valence-electron chi connectivity index (χ2n) is 6.24. The highest BCUT2D eigenvalue weighted by atomic mass is 16.5. The molecule has 0 aromatic carbocycles. The molecule has 0 N–H and O–H groups in total. The van der Waals surface area contributed by atoms with Gasteiger partial charge in [0.25, 0.3) is 0 Å². The van der Waals surface area contributed by atoms with Crippen molar-refractivity contribution >= 4 is 11.8 Å². The van der Waals surface area contributed by atoms with Gasteiger partial charge in [0.2, 0.25) is 5.95 Å². The van der Waals surface area contributed by atoms with E-state index in [0.717, 1.165) is 31.7 Å². The molecule has 0 spiro atoms. The number of ether oxygens (including phenoxy) is 2. The molecule has 0 radical (unpaired) electrons. The molecule has 3 rings (SSSR count). The van der Waals surface area contributed by atoms with Crippen LogP contribution in [0.2, 0.25) is 0 Å². The molecule has 8 heteroatoms. The van der Waals surface area contributed by atoms with Gasteiger partial charge in [0.15, 0.2) is 0 Å². The molecule has 0 aliphatic carbocycles. The molecule has 0 amide bonds. The third kappa shape index (κ3) is 3.89. The lowest BCUT2D eigenvalue weighted by atomic mass is 9.91. The van der Waals surface area contributed by atoms with Crippen LogP contribution in [0.5, 0.6) is 12.0 Å². The van der Waals surface area contributed by atoms with E-state index in [4.69, 9.17) is 9.47 Å². The molecule has 0 saturated carbocycles. The minimum atomic E-state index is 0.266. The smallest absolute Gasteiger partial charge is 0.324 e. The molecular weight excluding hydrogens is 320 g/mol. The van der Waals surface area contributed by atoms with E-state index in [1.807, 2.05) is 25.2 Å². The summed E-state index contributed by atoms with van der Waals surface area (Å²) in [4.78, 5) is 21.4. The minimum absolute atomic E-state index is 0.266. The van der Waals surface area contributed by atoms with Crippen LogP contribution in [0.25, 0.3) is 0 Å². The van der Waals surface area contributed by atoms with Crippen LogP contribution in [-0.4, -0.2) is 61.3 Å². The van der Waals surface area contributed by atoms with Gasteiger partial charge in [-0.25, -0.2) is 4.98 Å². The largest absolute Gasteiger partial charge is 0.467 e. The van der Waals surface area contributed by atoms with E-state index >= 15 is 0 Å². The van der Waals surface area contributed by atoms with Gasteiger partial charge in [-0.3, -0.25) is 0 Å². The lowest BCUT2D eigenvalue weighted by Gasteiger charge is -2.33. The molecule has 0 bridgehead atoms. The van der Waals surface area contributed by atoms with Gasteiger partial charge in [0.05, 0.1) is 14.2 Å². The van der Waals surface area contributed by atoms with Crippen molar-refractivity contribution in [3.05, 3.63) is 23.9 Å². The Balaban J connectivity index is 1.83. The Kier molecular flexibility index (Phi) is 5.16. The molecule has 1 aliphatic heterocycles. The highest BCUT2D eigenvalue weighted by molar-refractivity contribution is 5.42. The van der Waals surface area contributed by atoms with Gasteiger partial charge in [0, 0.05) is 39.3 Å². The van der Waals surface area contributed by atoms with Gasteiger partial charge in [-0.2, -0.15) is 9.97 Å². The highest BCUT2D eigenvalue weighted by Gasteiger charge is 2.25. The molecular formula is C17H24N6O2. The first-order valence-corrected chi connectivity index (χ1v) is 8.33. The summed E-state index contributed by atoms with van der Waals surface area (Å²) >= 11 is 0. The van der Waals surface area contributed by atoms with Crippen molar-refractivity contribution in [2.45, 2.75) is 18.8 Å². The van der Waals surface area contributed by atoms with E-state index in [1.54, 1.807) is 0 Å². The summed E-state index contributed by atoms with van der Waals surface area (Å²) in [6.07, 6.45) is 4.08. The Labute approximate surface area is 147 Å². The molecule has 1 fully saturated rings. The van der Waals surface area contributed by atoms with E-state index in [2.05, 4.69) is 37.0 Å². The van der Waals surface area contributed by atoms with Gasteiger partial charge in [-0.1, -0.05) is 0 Å². The predicted molar refractivity (Wildman–Crippen MR) is 95.7 cm³/mol. The maximum absolute atomic E-state index is 5.16. The maximum Gasteiger partial charge on any atom is 0.324 e. The van der Waals surface area contributed by atoms with Gasteiger partial charge in [0.1, 0.15) is 5.82 Å². The first kappa shape index (κ1) is 17.2. The normalized spacial score (nSPS) is 17.3. The minimum Gasteiger partial charge on any atom is -0.467 e. The average molecular weight is 344 g/mol. The van der Waals surface area contributed by atoms with Crippen molar-refractivity contribution in [1.29, 1.82) is 0 Å². The van der Waals surface area contributed by atoms with E-state index in [0.29, 0.717) is 11.9 Å². The second-order valence-corrected chi connectivity index (χ2v) is 6.24. The quantitative estimate of drug-likeness (QED) is 0.812. The number of hydrogen-bond acceptors (Lipinski definition) is 8. The van der Waals surface area contributed by atoms with Gasteiger partial charge >= 0.3 is 12.0 Å². The Morgan fingerprint density at radius 1 is 1.12 bits per heavy atom. The number of aromatic nitrogens is 4. The molecule has 1 unspecified atom stereocenters. The Bertz CT molecular complexity index is 702. The van der Waals surface area contributed by atoms with Crippen LogP contribution >= 0.6 is 0 Å². The summed E-state index contributed by atoms with van der Waals surface area (Å²) < 4.78 is 10.3. The van der Waals surface area contributed by atoms with Gasteiger partial charge < -0.3 is 19.3 Å². The van der Waals surface area contributed by atoms with Crippen LogP contribution < -0.4 is 19.3 Å². The van der Waals surface area contributed by atoms with Gasteiger partial charge in [-0.15, -0.1) is 4.98 Å². The molecule has 25 heavy (non-hydrogen) atoms. The van der Waals surface area contributed by atoms with Crippen molar-refractivity contribution in [2.24, 2.45) is 0 Å². The Morgan fingerprint density at radius 3 is 2.48 bits per heavy atom. The number of nitrogens with zero attached hydrogens (tertiary/aromatic N) is 6. The second kappa shape index (κ2) is 7.50. The Morgan fingerprint density at radius 2 is 1.84 bits per heavy atom. The molecule has 3 heterocycles. The van der Waals surface area contributed by atoms with Crippen LogP contribution in [-0.2, 0) is 0 Å². The summed E-state index contributed by atoms with van der Waals surface area (Å²) in [5.41, 5.74) is 1.29. The molecule has 1 saturated heterocycles. The topological polar surface area (TPSA) is 76.5 Å². The fourth-order valence-corrected chi connectivity index (χ4v) is 3.02. The van der Waals surface area contributed by atoms with E-state index < -0.39 is 0 Å². The van der Waals surface area contributed by atoms with E-state index in [-0.39, 0.29) is 12.0 Å². The van der Waals surface area contributed by atoms with Crippen molar-refractivity contribution in [3.63, 3.8) is 0 Å². The standard InChI is InChI=1S/C17H24N6O2/c1-22(2)14-10-12(7-8-18-14)13-6-5-9-23(11-13)15-19-16(24-3)21-17(20-15)25-4/h7-8,10,13H,5-6,9,11H2,1-4H3. The first-order valence-electron chi connectivity index (χ1n) is 8.33. The van der Waals surface area contributed by atoms with Crippen molar-refractivity contribution < 1.29 is 9.47 Å². The van der Waals surface area contributed by atoms with E-state index in [1.165, 1.54) is 19.8 Å². The van der Waals surface area contributed by atoms with Crippen molar-refractivity contribution in [2.75, 3.05) is 51.2 Å². The zero-order valence-corrected chi connectivity index (χ0v) is 15.1. The fraction of sp³-hybridized carbons (Fsp3) is 0.529. The zero-order chi connectivity index (χ0) is 17.8. The molecule has 2 aromatic heterocycles. The summed E-state index contributed by atoms with van der Waals surface area (Å²) in [6, 6.07) is 4.78. The maximum atomic E-state index is 5.16. The lowest BCUT2D eigenvalue weighted by Crippen LogP contribution is -2.35. The zero-order valence-electron chi connectivity index (χ0n) is 15.1. The average Bonchev–Trinajstić information content (AvgIpc) is 2.67. The molecule has 134 valence electrons. The van der Waals surface area contributed by atoms with Crippen molar-refractivity contribution in [1.82, 2.24) is 19.9 Å². The summed E-state index contributed by atoms with van der Waals surface area (Å²) in [6.45, 7) is 1.74. The van der Waals surface area contributed by atoms with E-state index in [9.17, 15) is 0 Å². The third-order valence-corrected chi connectivity index (χ3v) is 4.35. The van der Waals surface area contributed by atoms with Gasteiger partial charge in [-0.05, 0) is 30.5 Å². The highest BCUT2D eigenvalue weighted by Crippen LogP contribution is 2.30. The number of pyridine rings is 1. The molecule has 2 aromatic rings. The molecule has 8 nitrogen and oxygen atoms in total. The van der Waals surface area contributed by atoms with Crippen LogP contribution in [0.1, 0.15) is 24.3 Å². The van der Waals surface area contributed by atoms with Crippen LogP contribution in [0, 0.1) is 0 Å². The number of methoxy groups -OCH3 is 2. The third-order valence-electron chi connectivity index (χ3n) is 4.35. The summed E-state index contributed by atoms with van der Waals surface area (Å²) in [5.74, 6) is 1.97. The lowest BCUT2D eigenvalue weighted by molar-refractivity contribution is 0.338. The summed E-state index contributed by atoms with van der Waals surface area (Å²) in [7, 11) is 7.08. The number of hydrogen-bond donors (Lipinski definition) is 0. The summed E-state index contributed by atoms with van der Waals surface area (Å²) in [5, 5.41) is 0. The fourth-order valence-electron chi connectivity index (χ4n) is 3.02. The number of anilines is 2. The number of rotatable bonds is 5. The van der Waals surface area contributed by atoms with Crippen LogP contribution in [0.15, 0.2) is 18.3 Å². The van der Waals surface area contributed by atoms with Crippen LogP contribution in [0.3, 0.4) is 0 Å². The first-order chi connectivity index (χ1) is 12.1. The Hall–Kier alpha value is -2.64. The SMILES string of the molecule is COc1nc(OC)nc(N2CCCC(c3ccnc(N(C)C)c3)C2)n1. The predicted octanol–water partition coefficient (Wildman–Crippen LogP) is 1.73. The molecule has 1 atom stereocenters.